The first-order valence-electron chi connectivity index (χ1n) is 7.19. The maximum absolute atomic E-state index is 4.67. The smallest absolute Gasteiger partial charge is 0.0917 e. The van der Waals surface area contributed by atoms with Crippen molar-refractivity contribution >= 4 is 12.0 Å². The van der Waals surface area contributed by atoms with Crippen LogP contribution in [0.2, 0.25) is 0 Å². The summed E-state index contributed by atoms with van der Waals surface area (Å²) in [6, 6.07) is 19.4. The van der Waals surface area contributed by atoms with Crippen molar-refractivity contribution in [2.24, 2.45) is 4.99 Å². The van der Waals surface area contributed by atoms with Gasteiger partial charge in [0.2, 0.25) is 0 Å². The number of aliphatic imine (C=N–C) groups is 1. The third-order valence-electron chi connectivity index (χ3n) is 4.08. The van der Waals surface area contributed by atoms with E-state index in [9.17, 15) is 0 Å². The van der Waals surface area contributed by atoms with Crippen molar-refractivity contribution in [3.8, 4) is 0 Å². The van der Waals surface area contributed by atoms with Crippen molar-refractivity contribution in [2.45, 2.75) is 25.8 Å². The van der Waals surface area contributed by atoms with E-state index in [1.807, 2.05) is 6.34 Å². The first-order valence-corrected chi connectivity index (χ1v) is 7.19. The molecule has 0 aromatic heterocycles. The quantitative estimate of drug-likeness (QED) is 0.778. The molecule has 2 aromatic carbocycles. The van der Waals surface area contributed by atoms with E-state index >= 15 is 0 Å². The van der Waals surface area contributed by atoms with Gasteiger partial charge < -0.3 is 4.90 Å². The number of para-hydroxylation sites is 1. The number of hydrogen-bond acceptors (Lipinski definition) is 2. The fraction of sp³-hybridized carbons (Fsp3) is 0.278. The number of nitrogens with zero attached hydrogens (tertiary/aromatic N) is 2. The van der Waals surface area contributed by atoms with Gasteiger partial charge in [-0.1, -0.05) is 55.5 Å². The maximum Gasteiger partial charge on any atom is 0.0917 e. The molecule has 2 aromatic rings. The SMILES string of the molecule is CC1CN(C(C)c2ccccc2)C=Nc2ccccc21. The van der Waals surface area contributed by atoms with Gasteiger partial charge in [0.05, 0.1) is 18.1 Å². The van der Waals surface area contributed by atoms with Crippen LogP contribution in [0.1, 0.15) is 36.9 Å². The van der Waals surface area contributed by atoms with E-state index in [-0.39, 0.29) is 0 Å². The van der Waals surface area contributed by atoms with Crippen LogP contribution in [0.25, 0.3) is 0 Å². The summed E-state index contributed by atoms with van der Waals surface area (Å²) in [4.78, 5) is 7.00. The lowest BCUT2D eigenvalue weighted by molar-refractivity contribution is 0.332. The summed E-state index contributed by atoms with van der Waals surface area (Å²) in [5.74, 6) is 0.486. The lowest BCUT2D eigenvalue weighted by Gasteiger charge is -2.28. The highest BCUT2D eigenvalue weighted by molar-refractivity contribution is 5.66. The summed E-state index contributed by atoms with van der Waals surface area (Å²) in [5.41, 5.74) is 3.77. The highest BCUT2D eigenvalue weighted by atomic mass is 15.2. The average molecular weight is 264 g/mol. The molecule has 2 atom stereocenters. The van der Waals surface area contributed by atoms with E-state index in [0.717, 1.165) is 12.2 Å². The van der Waals surface area contributed by atoms with E-state index in [1.54, 1.807) is 0 Å². The zero-order valence-electron chi connectivity index (χ0n) is 12.0. The summed E-state index contributed by atoms with van der Waals surface area (Å²) in [6.45, 7) is 5.51. The summed E-state index contributed by atoms with van der Waals surface area (Å²) < 4.78 is 0. The molecule has 0 fully saturated rings. The van der Waals surface area contributed by atoms with Crippen molar-refractivity contribution in [1.82, 2.24) is 4.90 Å². The Balaban J connectivity index is 1.88. The van der Waals surface area contributed by atoms with Crippen molar-refractivity contribution in [3.63, 3.8) is 0 Å². The van der Waals surface area contributed by atoms with E-state index in [0.29, 0.717) is 12.0 Å². The lowest BCUT2D eigenvalue weighted by atomic mass is 9.98. The minimum atomic E-state index is 0.344. The van der Waals surface area contributed by atoms with Crippen molar-refractivity contribution in [1.29, 1.82) is 0 Å². The fourth-order valence-electron chi connectivity index (χ4n) is 2.80. The molecule has 20 heavy (non-hydrogen) atoms. The molecule has 0 amide bonds. The minimum Gasteiger partial charge on any atom is -0.355 e. The van der Waals surface area contributed by atoms with Crippen molar-refractivity contribution in [2.75, 3.05) is 6.54 Å². The largest absolute Gasteiger partial charge is 0.355 e. The molecule has 0 radical (unpaired) electrons. The Morgan fingerprint density at radius 2 is 1.75 bits per heavy atom. The molecule has 1 aliphatic heterocycles. The maximum atomic E-state index is 4.67. The Kier molecular flexibility index (Phi) is 3.55. The van der Waals surface area contributed by atoms with Gasteiger partial charge >= 0.3 is 0 Å². The third kappa shape index (κ3) is 2.46. The second-order valence-corrected chi connectivity index (χ2v) is 5.49. The molecule has 0 bridgehead atoms. The monoisotopic (exact) mass is 264 g/mol. The Morgan fingerprint density at radius 1 is 1.05 bits per heavy atom. The lowest BCUT2D eigenvalue weighted by Crippen LogP contribution is -2.28. The average Bonchev–Trinajstić information content (AvgIpc) is 2.67. The molecular weight excluding hydrogens is 244 g/mol. The fourth-order valence-corrected chi connectivity index (χ4v) is 2.80. The van der Waals surface area contributed by atoms with Crippen LogP contribution in [0.4, 0.5) is 5.69 Å². The molecule has 2 nitrogen and oxygen atoms in total. The second kappa shape index (κ2) is 5.49. The predicted octanol–water partition coefficient (Wildman–Crippen LogP) is 4.53. The molecule has 3 rings (SSSR count). The van der Waals surface area contributed by atoms with Crippen LogP contribution in [0.15, 0.2) is 59.6 Å². The van der Waals surface area contributed by atoms with Crippen LogP contribution in [0.3, 0.4) is 0 Å². The Hall–Kier alpha value is -2.09. The third-order valence-corrected chi connectivity index (χ3v) is 4.08. The van der Waals surface area contributed by atoms with Gasteiger partial charge in [0.15, 0.2) is 0 Å². The van der Waals surface area contributed by atoms with Gasteiger partial charge in [-0.3, -0.25) is 0 Å². The van der Waals surface area contributed by atoms with Gasteiger partial charge in [0.1, 0.15) is 0 Å². The predicted molar refractivity (Wildman–Crippen MR) is 84.6 cm³/mol. The van der Waals surface area contributed by atoms with Crippen LogP contribution in [0.5, 0.6) is 0 Å². The van der Waals surface area contributed by atoms with Gasteiger partial charge in [-0.15, -0.1) is 0 Å². The van der Waals surface area contributed by atoms with Crippen LogP contribution in [-0.2, 0) is 0 Å². The normalized spacial score (nSPS) is 19.3. The Morgan fingerprint density at radius 3 is 2.55 bits per heavy atom. The standard InChI is InChI=1S/C18H20N2/c1-14-12-20(15(2)16-8-4-3-5-9-16)13-19-18-11-7-6-10-17(14)18/h3-11,13-15H,12H2,1-2H3. The molecule has 0 saturated carbocycles. The van der Waals surface area contributed by atoms with Gasteiger partial charge in [0, 0.05) is 12.5 Å². The van der Waals surface area contributed by atoms with Crippen LogP contribution < -0.4 is 0 Å². The summed E-state index contributed by atoms with van der Waals surface area (Å²) >= 11 is 0. The first kappa shape index (κ1) is 12.9. The highest BCUT2D eigenvalue weighted by Crippen LogP contribution is 2.32. The first-order chi connectivity index (χ1) is 9.75. The second-order valence-electron chi connectivity index (χ2n) is 5.49. The number of hydrogen-bond donors (Lipinski definition) is 0. The molecule has 0 N–H and O–H groups in total. The van der Waals surface area contributed by atoms with Gasteiger partial charge in [-0.2, -0.15) is 0 Å². The molecule has 2 heteroatoms. The minimum absolute atomic E-state index is 0.344. The topological polar surface area (TPSA) is 15.6 Å². The molecule has 0 spiro atoms. The van der Waals surface area contributed by atoms with Gasteiger partial charge in [-0.25, -0.2) is 4.99 Å². The molecule has 102 valence electrons. The number of fused-ring (bicyclic) bond motifs is 1. The summed E-state index contributed by atoms with van der Waals surface area (Å²) in [5, 5.41) is 0. The van der Waals surface area contributed by atoms with E-state index in [2.05, 4.69) is 78.3 Å². The van der Waals surface area contributed by atoms with Crippen LogP contribution in [0, 0.1) is 0 Å². The van der Waals surface area contributed by atoms with E-state index < -0.39 is 0 Å². The Bertz CT molecular complexity index is 604. The van der Waals surface area contributed by atoms with Crippen LogP contribution in [-0.4, -0.2) is 17.8 Å². The summed E-state index contributed by atoms with van der Waals surface area (Å²) in [7, 11) is 0. The molecular formula is C18H20N2. The van der Waals surface area contributed by atoms with Crippen LogP contribution >= 0.6 is 0 Å². The molecule has 1 aliphatic rings. The zero-order valence-corrected chi connectivity index (χ0v) is 12.0. The van der Waals surface area contributed by atoms with E-state index in [1.165, 1.54) is 11.1 Å². The Labute approximate surface area is 120 Å². The zero-order chi connectivity index (χ0) is 13.9. The van der Waals surface area contributed by atoms with Crippen molar-refractivity contribution < 1.29 is 0 Å². The van der Waals surface area contributed by atoms with Crippen molar-refractivity contribution in [3.05, 3.63) is 65.7 Å². The van der Waals surface area contributed by atoms with Gasteiger partial charge in [-0.05, 0) is 24.1 Å². The molecule has 1 heterocycles. The van der Waals surface area contributed by atoms with Gasteiger partial charge in [0.25, 0.3) is 0 Å². The molecule has 0 aliphatic carbocycles. The molecule has 0 saturated heterocycles. The van der Waals surface area contributed by atoms with E-state index in [4.69, 9.17) is 0 Å². The summed E-state index contributed by atoms with van der Waals surface area (Å²) in [6.07, 6.45) is 2.00. The molecule has 2 unspecified atom stereocenters. The highest BCUT2D eigenvalue weighted by Gasteiger charge is 2.20. The number of rotatable bonds is 2. The number of benzene rings is 2.